The molecule has 2 rings (SSSR count). The molecule has 114 valence electrons. The summed E-state index contributed by atoms with van der Waals surface area (Å²) in [6.07, 6.45) is 1.45. The van der Waals surface area contributed by atoms with Crippen LogP contribution in [0.15, 0.2) is 21.9 Å². The van der Waals surface area contributed by atoms with Crippen LogP contribution in [0.2, 0.25) is 0 Å². The SMILES string of the molecule is COC(=O)c1ccoc1CSc1nnc(C(C)(C)C)n1N. The summed E-state index contributed by atoms with van der Waals surface area (Å²) in [4.78, 5) is 11.6. The fraction of sp³-hybridized carbons (Fsp3) is 0.462. The summed E-state index contributed by atoms with van der Waals surface area (Å²) >= 11 is 1.35. The second-order valence-corrected chi connectivity index (χ2v) is 6.41. The van der Waals surface area contributed by atoms with E-state index < -0.39 is 5.97 Å². The highest BCUT2D eigenvalue weighted by Crippen LogP contribution is 2.26. The van der Waals surface area contributed by atoms with Gasteiger partial charge in [0.15, 0.2) is 5.82 Å². The van der Waals surface area contributed by atoms with Crippen molar-refractivity contribution in [2.75, 3.05) is 13.0 Å². The summed E-state index contributed by atoms with van der Waals surface area (Å²) in [7, 11) is 1.33. The Kier molecular flexibility index (Phi) is 4.26. The predicted molar refractivity (Wildman–Crippen MR) is 78.5 cm³/mol. The van der Waals surface area contributed by atoms with Gasteiger partial charge in [-0.3, -0.25) is 0 Å². The molecule has 0 fully saturated rings. The van der Waals surface area contributed by atoms with Crippen molar-refractivity contribution in [2.24, 2.45) is 0 Å². The molecular formula is C13H18N4O3S. The molecule has 2 aromatic rings. The molecule has 2 N–H and O–H groups in total. The minimum atomic E-state index is -0.427. The van der Waals surface area contributed by atoms with Gasteiger partial charge in [-0.1, -0.05) is 32.5 Å². The van der Waals surface area contributed by atoms with E-state index in [1.54, 1.807) is 6.07 Å². The number of rotatable bonds is 4. The number of hydrogen-bond acceptors (Lipinski definition) is 7. The van der Waals surface area contributed by atoms with E-state index in [-0.39, 0.29) is 5.41 Å². The van der Waals surface area contributed by atoms with Crippen LogP contribution in [0.5, 0.6) is 0 Å². The molecule has 2 heterocycles. The summed E-state index contributed by atoms with van der Waals surface area (Å²) in [5.41, 5.74) is 0.215. The number of aromatic nitrogens is 3. The monoisotopic (exact) mass is 310 g/mol. The average Bonchev–Trinajstić information content (AvgIpc) is 3.01. The average molecular weight is 310 g/mol. The van der Waals surface area contributed by atoms with Gasteiger partial charge in [0.1, 0.15) is 11.3 Å². The molecule has 0 aliphatic heterocycles. The van der Waals surface area contributed by atoms with E-state index in [1.165, 1.54) is 29.8 Å². The van der Waals surface area contributed by atoms with Crippen molar-refractivity contribution in [3.8, 4) is 0 Å². The van der Waals surface area contributed by atoms with Crippen molar-refractivity contribution in [2.45, 2.75) is 37.1 Å². The third-order valence-corrected chi connectivity index (χ3v) is 3.76. The number of ether oxygens (including phenoxy) is 1. The van der Waals surface area contributed by atoms with E-state index in [4.69, 9.17) is 15.0 Å². The van der Waals surface area contributed by atoms with E-state index in [0.29, 0.717) is 28.1 Å². The second-order valence-electron chi connectivity index (χ2n) is 5.46. The summed E-state index contributed by atoms with van der Waals surface area (Å²) in [6, 6.07) is 1.58. The van der Waals surface area contributed by atoms with Gasteiger partial charge < -0.3 is 15.0 Å². The van der Waals surface area contributed by atoms with Crippen LogP contribution in [-0.4, -0.2) is 28.0 Å². The molecule has 21 heavy (non-hydrogen) atoms. The Morgan fingerprint density at radius 2 is 2.19 bits per heavy atom. The van der Waals surface area contributed by atoms with Gasteiger partial charge in [-0.25, -0.2) is 9.47 Å². The minimum Gasteiger partial charge on any atom is -0.468 e. The van der Waals surface area contributed by atoms with E-state index in [9.17, 15) is 4.79 Å². The predicted octanol–water partition coefficient (Wildman–Crippen LogP) is 1.96. The van der Waals surface area contributed by atoms with Crippen molar-refractivity contribution < 1.29 is 13.9 Å². The molecule has 7 nitrogen and oxygen atoms in total. The molecule has 0 saturated heterocycles. The number of methoxy groups -OCH3 is 1. The standard InChI is InChI=1S/C13H18N4O3S/c1-13(2,3)11-15-16-12(17(11)14)21-7-9-8(5-6-20-9)10(18)19-4/h5-6H,7,14H2,1-4H3. The van der Waals surface area contributed by atoms with Gasteiger partial charge in [-0.15, -0.1) is 10.2 Å². The quantitative estimate of drug-likeness (QED) is 0.524. The Hall–Kier alpha value is -1.96. The Balaban J connectivity index is 2.13. The third-order valence-electron chi connectivity index (χ3n) is 2.82. The highest BCUT2D eigenvalue weighted by Gasteiger charge is 2.23. The first-order valence-corrected chi connectivity index (χ1v) is 7.31. The first kappa shape index (κ1) is 15.4. The van der Waals surface area contributed by atoms with Gasteiger partial charge in [0.05, 0.1) is 19.1 Å². The van der Waals surface area contributed by atoms with Gasteiger partial charge in [-0.05, 0) is 6.07 Å². The Bertz CT molecular complexity index is 642. The van der Waals surface area contributed by atoms with Crippen molar-refractivity contribution in [3.05, 3.63) is 29.5 Å². The number of nitrogen functional groups attached to an aromatic ring is 1. The van der Waals surface area contributed by atoms with Crippen LogP contribution >= 0.6 is 11.8 Å². The highest BCUT2D eigenvalue weighted by molar-refractivity contribution is 7.98. The lowest BCUT2D eigenvalue weighted by molar-refractivity contribution is 0.0598. The number of nitrogens with two attached hydrogens (primary N) is 1. The highest BCUT2D eigenvalue weighted by atomic mass is 32.2. The Morgan fingerprint density at radius 3 is 2.76 bits per heavy atom. The molecule has 0 aromatic carbocycles. The lowest BCUT2D eigenvalue weighted by Gasteiger charge is -2.16. The zero-order valence-electron chi connectivity index (χ0n) is 12.4. The summed E-state index contributed by atoms with van der Waals surface area (Å²) in [5, 5.41) is 8.74. The summed E-state index contributed by atoms with van der Waals surface area (Å²) in [5.74, 6) is 7.20. The molecule has 2 aromatic heterocycles. The van der Waals surface area contributed by atoms with Crippen molar-refractivity contribution >= 4 is 17.7 Å². The zero-order valence-corrected chi connectivity index (χ0v) is 13.2. The van der Waals surface area contributed by atoms with E-state index in [1.807, 2.05) is 20.8 Å². The maximum atomic E-state index is 11.6. The van der Waals surface area contributed by atoms with Crippen LogP contribution in [-0.2, 0) is 15.9 Å². The Labute approximate surface area is 126 Å². The maximum Gasteiger partial charge on any atom is 0.341 e. The molecule has 0 spiro atoms. The van der Waals surface area contributed by atoms with Crippen LogP contribution in [0, 0.1) is 0 Å². The molecule has 0 bridgehead atoms. The molecule has 0 atom stereocenters. The number of carbonyl (C=O) groups excluding carboxylic acids is 1. The maximum absolute atomic E-state index is 11.6. The third kappa shape index (κ3) is 3.21. The first-order valence-electron chi connectivity index (χ1n) is 6.33. The lowest BCUT2D eigenvalue weighted by atomic mass is 9.96. The number of furan rings is 1. The minimum absolute atomic E-state index is 0.192. The number of nitrogens with zero attached hydrogens (tertiary/aromatic N) is 3. The van der Waals surface area contributed by atoms with Crippen molar-refractivity contribution in [1.82, 2.24) is 14.9 Å². The van der Waals surface area contributed by atoms with Gasteiger partial charge in [0.25, 0.3) is 0 Å². The van der Waals surface area contributed by atoms with Gasteiger partial charge >= 0.3 is 5.97 Å². The molecule has 0 unspecified atom stereocenters. The fourth-order valence-electron chi connectivity index (χ4n) is 1.76. The van der Waals surface area contributed by atoms with Gasteiger partial charge in [0.2, 0.25) is 5.16 Å². The molecule has 0 saturated carbocycles. The van der Waals surface area contributed by atoms with Crippen molar-refractivity contribution in [3.63, 3.8) is 0 Å². The number of carbonyl (C=O) groups is 1. The molecular weight excluding hydrogens is 292 g/mol. The van der Waals surface area contributed by atoms with Crippen LogP contribution in [0.4, 0.5) is 0 Å². The van der Waals surface area contributed by atoms with Gasteiger partial charge in [-0.2, -0.15) is 0 Å². The van der Waals surface area contributed by atoms with Crippen LogP contribution < -0.4 is 5.84 Å². The van der Waals surface area contributed by atoms with Crippen LogP contribution in [0.25, 0.3) is 0 Å². The number of esters is 1. The summed E-state index contributed by atoms with van der Waals surface area (Å²) < 4.78 is 11.5. The number of hydrogen-bond donors (Lipinski definition) is 1. The van der Waals surface area contributed by atoms with Crippen LogP contribution in [0.3, 0.4) is 0 Å². The lowest BCUT2D eigenvalue weighted by Crippen LogP contribution is -2.24. The number of thioether (sulfide) groups is 1. The molecule has 0 radical (unpaired) electrons. The second kappa shape index (κ2) is 5.80. The van der Waals surface area contributed by atoms with Gasteiger partial charge in [0, 0.05) is 5.41 Å². The van der Waals surface area contributed by atoms with Crippen LogP contribution in [0.1, 0.15) is 42.7 Å². The largest absolute Gasteiger partial charge is 0.468 e. The van der Waals surface area contributed by atoms with E-state index >= 15 is 0 Å². The molecule has 8 heteroatoms. The molecule has 0 aliphatic carbocycles. The normalized spacial score (nSPS) is 11.6. The first-order chi connectivity index (χ1) is 9.84. The topological polar surface area (TPSA) is 96.2 Å². The molecule has 0 amide bonds. The van der Waals surface area contributed by atoms with E-state index in [2.05, 4.69) is 10.2 Å². The van der Waals surface area contributed by atoms with E-state index in [0.717, 1.165) is 0 Å². The zero-order chi connectivity index (χ0) is 15.6. The smallest absolute Gasteiger partial charge is 0.341 e. The summed E-state index contributed by atoms with van der Waals surface area (Å²) in [6.45, 7) is 6.03. The Morgan fingerprint density at radius 1 is 1.48 bits per heavy atom. The van der Waals surface area contributed by atoms with Crippen molar-refractivity contribution in [1.29, 1.82) is 0 Å². The fourth-order valence-corrected chi connectivity index (χ4v) is 2.57. The molecule has 0 aliphatic rings.